The molecule has 0 radical (unpaired) electrons. The molecule has 1 heterocycles. The fourth-order valence-corrected chi connectivity index (χ4v) is 2.90. The molecule has 0 aromatic heterocycles. The van der Waals surface area contributed by atoms with Crippen molar-refractivity contribution in [2.45, 2.75) is 26.3 Å². The van der Waals surface area contributed by atoms with Crippen LogP contribution in [0.2, 0.25) is 5.02 Å². The monoisotopic (exact) mass is 328 g/mol. The van der Waals surface area contributed by atoms with E-state index in [2.05, 4.69) is 5.32 Å². The molecule has 23 heavy (non-hydrogen) atoms. The molecular formula is C18H17ClN2O2. The molecule has 0 atom stereocenters. The summed E-state index contributed by atoms with van der Waals surface area (Å²) in [6.07, 6.45) is 1.24. The van der Waals surface area contributed by atoms with Crippen molar-refractivity contribution in [2.24, 2.45) is 0 Å². The first-order valence-corrected chi connectivity index (χ1v) is 7.97. The molecule has 0 saturated carbocycles. The molecule has 2 aromatic rings. The van der Waals surface area contributed by atoms with Crippen LogP contribution in [-0.2, 0) is 11.3 Å². The Balaban J connectivity index is 1.82. The minimum absolute atomic E-state index is 0.0283. The number of nitrogens with one attached hydrogen (secondary N) is 1. The molecule has 0 unspecified atom stereocenters. The fraction of sp³-hybridized carbons (Fsp3) is 0.222. The van der Waals surface area contributed by atoms with E-state index in [9.17, 15) is 9.59 Å². The van der Waals surface area contributed by atoms with Crippen molar-refractivity contribution in [3.8, 4) is 0 Å². The van der Waals surface area contributed by atoms with E-state index in [4.69, 9.17) is 11.6 Å². The number of amides is 2. The maximum Gasteiger partial charge on any atom is 0.258 e. The molecule has 2 amide bonds. The lowest BCUT2D eigenvalue weighted by atomic mass is 10.1. The zero-order chi connectivity index (χ0) is 16.4. The van der Waals surface area contributed by atoms with Crippen LogP contribution in [0.5, 0.6) is 0 Å². The van der Waals surface area contributed by atoms with E-state index >= 15 is 0 Å². The predicted molar refractivity (Wildman–Crippen MR) is 91.9 cm³/mol. The van der Waals surface area contributed by atoms with E-state index in [-0.39, 0.29) is 11.8 Å². The number of carbonyl (C=O) groups excluding carboxylic acids is 2. The van der Waals surface area contributed by atoms with Gasteiger partial charge in [-0.25, -0.2) is 0 Å². The summed E-state index contributed by atoms with van der Waals surface area (Å²) in [5, 5.41) is 3.21. The quantitative estimate of drug-likeness (QED) is 0.912. The Bertz CT molecular complexity index is 773. The van der Waals surface area contributed by atoms with Gasteiger partial charge in [-0.3, -0.25) is 9.59 Å². The lowest BCUT2D eigenvalue weighted by Gasteiger charge is -2.17. The number of rotatable bonds is 4. The van der Waals surface area contributed by atoms with Crippen molar-refractivity contribution < 1.29 is 9.59 Å². The highest BCUT2D eigenvalue weighted by Gasteiger charge is 2.28. The van der Waals surface area contributed by atoms with Crippen LogP contribution < -0.4 is 10.2 Å². The fourth-order valence-electron chi connectivity index (χ4n) is 2.68. The van der Waals surface area contributed by atoms with Gasteiger partial charge in [-0.2, -0.15) is 0 Å². The van der Waals surface area contributed by atoms with Gasteiger partial charge in [-0.1, -0.05) is 36.7 Å². The van der Waals surface area contributed by atoms with E-state index in [0.717, 1.165) is 23.2 Å². The summed E-state index contributed by atoms with van der Waals surface area (Å²) < 4.78 is 0. The van der Waals surface area contributed by atoms with Crippen molar-refractivity contribution in [3.05, 3.63) is 58.6 Å². The second-order valence-electron chi connectivity index (χ2n) is 5.51. The van der Waals surface area contributed by atoms with Crippen molar-refractivity contribution in [1.82, 2.24) is 0 Å². The molecule has 0 fully saturated rings. The first-order valence-electron chi connectivity index (χ1n) is 7.59. The maximum atomic E-state index is 12.5. The highest BCUT2D eigenvalue weighted by Crippen LogP contribution is 2.32. The van der Waals surface area contributed by atoms with E-state index in [1.807, 2.05) is 31.2 Å². The highest BCUT2D eigenvalue weighted by molar-refractivity contribution is 6.34. The number of fused-ring (bicyclic) bond motifs is 1. The van der Waals surface area contributed by atoms with Gasteiger partial charge >= 0.3 is 0 Å². The molecule has 1 N–H and O–H groups in total. The van der Waals surface area contributed by atoms with E-state index in [1.54, 1.807) is 23.1 Å². The SMILES string of the molecule is CCCC(=O)Nc1ccc(N2Cc3ccccc3C2=O)cc1Cl. The number of hydrogen-bond donors (Lipinski definition) is 1. The molecule has 3 rings (SSSR count). The van der Waals surface area contributed by atoms with Crippen LogP contribution in [0.3, 0.4) is 0 Å². The highest BCUT2D eigenvalue weighted by atomic mass is 35.5. The summed E-state index contributed by atoms with van der Waals surface area (Å²) in [6, 6.07) is 12.8. The van der Waals surface area contributed by atoms with Crippen LogP contribution in [0.4, 0.5) is 11.4 Å². The Morgan fingerprint density at radius 3 is 2.74 bits per heavy atom. The number of hydrogen-bond acceptors (Lipinski definition) is 2. The third-order valence-corrected chi connectivity index (χ3v) is 4.15. The molecule has 5 heteroatoms. The van der Waals surface area contributed by atoms with Gasteiger partial charge in [0.05, 0.1) is 17.3 Å². The average Bonchev–Trinajstić information content (AvgIpc) is 2.87. The molecule has 0 bridgehead atoms. The number of carbonyl (C=O) groups is 2. The molecule has 0 spiro atoms. The molecule has 4 nitrogen and oxygen atoms in total. The largest absolute Gasteiger partial charge is 0.325 e. The third-order valence-electron chi connectivity index (χ3n) is 3.84. The Morgan fingerprint density at radius 1 is 1.26 bits per heavy atom. The summed E-state index contributed by atoms with van der Waals surface area (Å²) in [5.74, 6) is -0.0914. The second-order valence-corrected chi connectivity index (χ2v) is 5.92. The van der Waals surface area contributed by atoms with E-state index < -0.39 is 0 Å². The van der Waals surface area contributed by atoms with Crippen LogP contribution in [-0.4, -0.2) is 11.8 Å². The van der Waals surface area contributed by atoms with Crippen LogP contribution in [0, 0.1) is 0 Å². The molecule has 1 aliphatic heterocycles. The normalized spacial score (nSPS) is 13.1. The number of halogens is 1. The minimum Gasteiger partial charge on any atom is -0.325 e. The minimum atomic E-state index is -0.0631. The van der Waals surface area contributed by atoms with Gasteiger partial charge in [0.15, 0.2) is 0 Å². The lowest BCUT2D eigenvalue weighted by molar-refractivity contribution is -0.116. The van der Waals surface area contributed by atoms with Gasteiger partial charge in [0.1, 0.15) is 0 Å². The van der Waals surface area contributed by atoms with Crippen LogP contribution in [0.15, 0.2) is 42.5 Å². The summed E-state index contributed by atoms with van der Waals surface area (Å²) in [6.45, 7) is 2.48. The Hall–Kier alpha value is -2.33. The molecule has 118 valence electrons. The van der Waals surface area contributed by atoms with Gasteiger partial charge in [-0.15, -0.1) is 0 Å². The Kier molecular flexibility index (Phi) is 4.35. The van der Waals surface area contributed by atoms with Gasteiger partial charge in [0.2, 0.25) is 5.91 Å². The van der Waals surface area contributed by atoms with Crippen LogP contribution in [0.25, 0.3) is 0 Å². The van der Waals surface area contributed by atoms with Crippen molar-refractivity contribution in [3.63, 3.8) is 0 Å². The topological polar surface area (TPSA) is 49.4 Å². The number of anilines is 2. The first kappa shape index (κ1) is 15.6. The predicted octanol–water partition coefficient (Wildman–Crippen LogP) is 4.24. The lowest BCUT2D eigenvalue weighted by Crippen LogP contribution is -2.23. The van der Waals surface area contributed by atoms with Crippen molar-refractivity contribution in [2.75, 3.05) is 10.2 Å². The summed E-state index contributed by atoms with van der Waals surface area (Å²) in [4.78, 5) is 25.8. The van der Waals surface area contributed by atoms with Gasteiger partial charge in [0.25, 0.3) is 5.91 Å². The zero-order valence-corrected chi connectivity index (χ0v) is 13.6. The Labute approximate surface area is 140 Å². The number of benzene rings is 2. The second kappa shape index (κ2) is 6.42. The molecule has 1 aliphatic rings. The third kappa shape index (κ3) is 3.08. The summed E-state index contributed by atoms with van der Waals surface area (Å²) >= 11 is 6.26. The number of nitrogens with zero attached hydrogens (tertiary/aromatic N) is 1. The summed E-state index contributed by atoms with van der Waals surface area (Å²) in [7, 11) is 0. The van der Waals surface area contributed by atoms with Crippen molar-refractivity contribution >= 4 is 34.8 Å². The smallest absolute Gasteiger partial charge is 0.258 e. The van der Waals surface area contributed by atoms with Crippen molar-refractivity contribution in [1.29, 1.82) is 0 Å². The molecule has 0 aliphatic carbocycles. The van der Waals surface area contributed by atoms with Gasteiger partial charge in [-0.05, 0) is 36.2 Å². The maximum absolute atomic E-state index is 12.5. The van der Waals surface area contributed by atoms with Gasteiger partial charge < -0.3 is 10.2 Å². The first-order chi connectivity index (χ1) is 11.1. The van der Waals surface area contributed by atoms with Crippen LogP contribution >= 0.6 is 11.6 Å². The molecule has 2 aromatic carbocycles. The zero-order valence-electron chi connectivity index (χ0n) is 12.8. The van der Waals surface area contributed by atoms with E-state index in [1.165, 1.54) is 0 Å². The van der Waals surface area contributed by atoms with Crippen LogP contribution in [0.1, 0.15) is 35.7 Å². The molecular weight excluding hydrogens is 312 g/mol. The average molecular weight is 329 g/mol. The van der Waals surface area contributed by atoms with Gasteiger partial charge in [0, 0.05) is 17.7 Å². The molecule has 0 saturated heterocycles. The summed E-state index contributed by atoms with van der Waals surface area (Å²) in [5.41, 5.74) is 3.03. The Morgan fingerprint density at radius 2 is 2.04 bits per heavy atom. The van der Waals surface area contributed by atoms with E-state index in [0.29, 0.717) is 23.7 Å². The standard InChI is InChI=1S/C18H17ClN2O2/c1-2-5-17(22)20-16-9-8-13(10-15(16)19)21-11-12-6-3-4-7-14(12)18(21)23/h3-4,6-10H,2,5,11H2,1H3,(H,20,22).